The van der Waals surface area contributed by atoms with Gasteiger partial charge in [-0.25, -0.2) is 0 Å². The molecular formula is C8H9ClN2O3S. The second kappa shape index (κ2) is 5.11. The number of hydrogen-bond donors (Lipinski definition) is 3. The predicted molar refractivity (Wildman–Crippen MR) is 58.2 cm³/mol. The van der Waals surface area contributed by atoms with Crippen LogP contribution in [0.5, 0.6) is 0 Å². The van der Waals surface area contributed by atoms with Crippen molar-refractivity contribution >= 4 is 39.8 Å². The molecule has 0 aliphatic rings. The second-order valence-corrected chi connectivity index (χ2v) is 4.51. The lowest BCUT2D eigenvalue weighted by Crippen LogP contribution is -2.37. The van der Waals surface area contributed by atoms with Crippen LogP contribution in [0.15, 0.2) is 12.1 Å². The van der Waals surface area contributed by atoms with Gasteiger partial charge in [0.25, 0.3) is 0 Å². The molecule has 15 heavy (non-hydrogen) atoms. The molecule has 0 saturated heterocycles. The molecule has 0 radical (unpaired) electrons. The molecule has 0 fully saturated rings. The number of anilines is 1. The fraction of sp³-hybridized carbons (Fsp3) is 0.250. The van der Waals surface area contributed by atoms with E-state index in [4.69, 9.17) is 22.4 Å². The first-order valence-corrected chi connectivity index (χ1v) is 5.22. The summed E-state index contributed by atoms with van der Waals surface area (Å²) >= 11 is 6.83. The number of rotatable bonds is 4. The molecule has 1 unspecified atom stereocenters. The minimum atomic E-state index is -1.11. The van der Waals surface area contributed by atoms with Gasteiger partial charge in [-0.1, -0.05) is 11.6 Å². The van der Waals surface area contributed by atoms with Gasteiger partial charge < -0.3 is 16.2 Å². The van der Waals surface area contributed by atoms with Crippen molar-refractivity contribution in [2.45, 2.75) is 12.5 Å². The number of thiophene rings is 1. The standard InChI is InChI=1S/C8H9ClN2O3S/c9-5-1-2-6(15-5)11-8(14)4(10)3-7(12)13/h1-2,4H,3,10H2,(H,11,14)(H,12,13). The quantitative estimate of drug-likeness (QED) is 0.745. The first-order chi connectivity index (χ1) is 6.99. The number of nitrogens with two attached hydrogens (primary N) is 1. The van der Waals surface area contributed by atoms with Crippen molar-refractivity contribution in [1.82, 2.24) is 0 Å². The third-order valence-corrected chi connectivity index (χ3v) is 2.70. The van der Waals surface area contributed by atoms with Crippen LogP contribution in [0.25, 0.3) is 0 Å². The predicted octanol–water partition coefficient (Wildman–Crippen LogP) is 1.14. The number of carbonyl (C=O) groups excluding carboxylic acids is 1. The van der Waals surface area contributed by atoms with Crippen LogP contribution < -0.4 is 11.1 Å². The largest absolute Gasteiger partial charge is 0.481 e. The van der Waals surface area contributed by atoms with Crippen LogP contribution in [0.4, 0.5) is 5.00 Å². The summed E-state index contributed by atoms with van der Waals surface area (Å²) in [6.45, 7) is 0. The number of aliphatic carboxylic acids is 1. The number of halogens is 1. The molecule has 0 saturated carbocycles. The Kier molecular flexibility index (Phi) is 4.07. The Morgan fingerprint density at radius 2 is 2.27 bits per heavy atom. The zero-order chi connectivity index (χ0) is 11.4. The van der Waals surface area contributed by atoms with Crippen molar-refractivity contribution in [2.75, 3.05) is 5.32 Å². The number of hydrogen-bond acceptors (Lipinski definition) is 4. The van der Waals surface area contributed by atoms with Gasteiger partial charge in [-0.3, -0.25) is 9.59 Å². The van der Waals surface area contributed by atoms with E-state index in [1.807, 2.05) is 0 Å². The van der Waals surface area contributed by atoms with Crippen LogP contribution in [-0.4, -0.2) is 23.0 Å². The van der Waals surface area contributed by atoms with E-state index in [9.17, 15) is 9.59 Å². The van der Waals surface area contributed by atoms with E-state index in [0.717, 1.165) is 0 Å². The highest BCUT2D eigenvalue weighted by Crippen LogP contribution is 2.25. The molecule has 82 valence electrons. The van der Waals surface area contributed by atoms with E-state index in [2.05, 4.69) is 5.32 Å². The maximum Gasteiger partial charge on any atom is 0.305 e. The minimum Gasteiger partial charge on any atom is -0.481 e. The number of amides is 1. The maximum atomic E-state index is 11.3. The Balaban J connectivity index is 2.52. The van der Waals surface area contributed by atoms with Gasteiger partial charge in [0.1, 0.15) is 0 Å². The Hall–Kier alpha value is -1.11. The Morgan fingerprint density at radius 3 is 2.73 bits per heavy atom. The van der Waals surface area contributed by atoms with E-state index < -0.39 is 24.3 Å². The summed E-state index contributed by atoms with van der Waals surface area (Å²) in [5, 5.41) is 11.4. The van der Waals surface area contributed by atoms with Crippen LogP contribution >= 0.6 is 22.9 Å². The van der Waals surface area contributed by atoms with Crippen LogP contribution in [0, 0.1) is 0 Å². The summed E-state index contributed by atoms with van der Waals surface area (Å²) < 4.78 is 0.539. The van der Waals surface area contributed by atoms with Gasteiger partial charge in [0.05, 0.1) is 21.8 Å². The minimum absolute atomic E-state index is 0.398. The number of carboxylic acids is 1. The molecule has 0 bridgehead atoms. The molecule has 5 nitrogen and oxygen atoms in total. The van der Waals surface area contributed by atoms with E-state index in [1.54, 1.807) is 12.1 Å². The number of carboxylic acid groups (broad SMARTS) is 1. The van der Waals surface area contributed by atoms with Crippen LogP contribution in [0.3, 0.4) is 0 Å². The highest BCUT2D eigenvalue weighted by atomic mass is 35.5. The van der Waals surface area contributed by atoms with Gasteiger partial charge in [-0.2, -0.15) is 0 Å². The fourth-order valence-corrected chi connectivity index (χ4v) is 1.82. The molecular weight excluding hydrogens is 240 g/mol. The van der Waals surface area contributed by atoms with E-state index in [-0.39, 0.29) is 0 Å². The molecule has 1 amide bonds. The third-order valence-electron chi connectivity index (χ3n) is 1.55. The molecule has 4 N–H and O–H groups in total. The van der Waals surface area contributed by atoms with Gasteiger partial charge in [0, 0.05) is 0 Å². The van der Waals surface area contributed by atoms with Crippen molar-refractivity contribution in [3.63, 3.8) is 0 Å². The van der Waals surface area contributed by atoms with Crippen molar-refractivity contribution in [1.29, 1.82) is 0 Å². The summed E-state index contributed by atoms with van der Waals surface area (Å²) in [5.41, 5.74) is 5.35. The zero-order valence-corrected chi connectivity index (χ0v) is 9.14. The van der Waals surface area contributed by atoms with Gasteiger partial charge in [-0.15, -0.1) is 11.3 Å². The lowest BCUT2D eigenvalue weighted by Gasteiger charge is -2.07. The average Bonchev–Trinajstić information content (AvgIpc) is 2.50. The lowest BCUT2D eigenvalue weighted by atomic mass is 10.2. The van der Waals surface area contributed by atoms with Crippen molar-refractivity contribution in [3.8, 4) is 0 Å². The summed E-state index contributed by atoms with van der Waals surface area (Å²) in [5.74, 6) is -1.64. The summed E-state index contributed by atoms with van der Waals surface area (Å²) in [6.07, 6.45) is -0.398. The van der Waals surface area contributed by atoms with Gasteiger partial charge >= 0.3 is 5.97 Å². The molecule has 0 aromatic carbocycles. The summed E-state index contributed by atoms with van der Waals surface area (Å²) in [4.78, 5) is 21.6. The van der Waals surface area contributed by atoms with Gasteiger partial charge in [0.15, 0.2) is 0 Å². The van der Waals surface area contributed by atoms with Crippen LogP contribution in [0.2, 0.25) is 4.34 Å². The van der Waals surface area contributed by atoms with Crippen LogP contribution in [0.1, 0.15) is 6.42 Å². The monoisotopic (exact) mass is 248 g/mol. The molecule has 0 aliphatic heterocycles. The highest BCUT2D eigenvalue weighted by molar-refractivity contribution is 7.20. The molecule has 0 spiro atoms. The molecule has 7 heteroatoms. The molecule has 1 heterocycles. The lowest BCUT2D eigenvalue weighted by molar-refractivity contribution is -0.138. The van der Waals surface area contributed by atoms with Gasteiger partial charge in [0.2, 0.25) is 5.91 Å². The van der Waals surface area contributed by atoms with E-state index in [0.29, 0.717) is 9.34 Å². The smallest absolute Gasteiger partial charge is 0.305 e. The first-order valence-electron chi connectivity index (χ1n) is 4.02. The Morgan fingerprint density at radius 1 is 1.60 bits per heavy atom. The normalized spacial score (nSPS) is 12.1. The maximum absolute atomic E-state index is 11.3. The molecule has 1 atom stereocenters. The Labute approximate surface area is 94.8 Å². The number of carbonyl (C=O) groups is 2. The highest BCUT2D eigenvalue weighted by Gasteiger charge is 2.17. The summed E-state index contributed by atoms with van der Waals surface area (Å²) in [6, 6.07) is 2.20. The Bertz CT molecular complexity index is 380. The zero-order valence-electron chi connectivity index (χ0n) is 7.57. The molecule has 1 rings (SSSR count). The average molecular weight is 249 g/mol. The van der Waals surface area contributed by atoms with E-state index in [1.165, 1.54) is 11.3 Å². The van der Waals surface area contributed by atoms with Crippen molar-refractivity contribution in [2.24, 2.45) is 5.73 Å². The summed E-state index contributed by atoms with van der Waals surface area (Å²) in [7, 11) is 0. The first kappa shape index (κ1) is 12.0. The SMILES string of the molecule is NC(CC(=O)O)C(=O)Nc1ccc(Cl)s1. The molecule has 1 aromatic rings. The number of nitrogens with one attached hydrogen (secondary N) is 1. The third kappa shape index (κ3) is 3.86. The van der Waals surface area contributed by atoms with Crippen molar-refractivity contribution in [3.05, 3.63) is 16.5 Å². The van der Waals surface area contributed by atoms with Crippen molar-refractivity contribution < 1.29 is 14.7 Å². The van der Waals surface area contributed by atoms with E-state index >= 15 is 0 Å². The van der Waals surface area contributed by atoms with Crippen LogP contribution in [-0.2, 0) is 9.59 Å². The molecule has 1 aromatic heterocycles. The second-order valence-electron chi connectivity index (χ2n) is 2.80. The van der Waals surface area contributed by atoms with Gasteiger partial charge in [-0.05, 0) is 12.1 Å². The fourth-order valence-electron chi connectivity index (χ4n) is 0.876. The topological polar surface area (TPSA) is 92.4 Å². The molecule has 0 aliphatic carbocycles.